The largest absolute Gasteiger partial charge is 0.328 e. The summed E-state index contributed by atoms with van der Waals surface area (Å²) in [6, 6.07) is 28.8. The zero-order valence-corrected chi connectivity index (χ0v) is 18.5. The Morgan fingerprint density at radius 1 is 0.700 bits per heavy atom. The first kappa shape index (κ1) is 20.6. The van der Waals surface area contributed by atoms with Crippen LogP contribution in [0.2, 0.25) is 0 Å². The number of rotatable bonds is 7. The maximum absolute atomic E-state index is 2.50. The highest BCUT2D eigenvalue weighted by atomic mass is 15.3. The second-order valence-electron chi connectivity index (χ2n) is 9.19. The zero-order chi connectivity index (χ0) is 20.8. The Kier molecular flexibility index (Phi) is 6.50. The number of aryl methyl sites for hydroxylation is 3. The molecule has 0 unspecified atom stereocenters. The average molecular weight is 397 g/mol. The van der Waals surface area contributed by atoms with Gasteiger partial charge in [0.15, 0.2) is 0 Å². The molecule has 0 spiro atoms. The van der Waals surface area contributed by atoms with Crippen LogP contribution in [0.1, 0.15) is 40.7 Å². The minimum atomic E-state index is 1.07. The summed E-state index contributed by atoms with van der Waals surface area (Å²) in [6.07, 6.45) is 8.28. The molecule has 0 aromatic heterocycles. The third-order valence-corrected chi connectivity index (χ3v) is 6.43. The SMILES string of the molecule is C[N+](C)(CCC=C1c2ccccc2CCc2ccccc21)CCCc1ccccc1. The molecule has 4 rings (SSSR count). The lowest BCUT2D eigenvalue weighted by molar-refractivity contribution is -0.890. The van der Waals surface area contributed by atoms with Crippen molar-refractivity contribution in [2.75, 3.05) is 27.2 Å². The molecule has 154 valence electrons. The Hall–Kier alpha value is -2.64. The summed E-state index contributed by atoms with van der Waals surface area (Å²) in [7, 11) is 4.75. The smallest absolute Gasteiger partial charge is 0.0817 e. The molecule has 1 aliphatic carbocycles. The quantitative estimate of drug-likeness (QED) is 0.410. The molecule has 0 saturated carbocycles. The molecule has 1 aliphatic rings. The Labute approximate surface area is 182 Å². The lowest BCUT2D eigenvalue weighted by Gasteiger charge is -2.29. The predicted molar refractivity (Wildman–Crippen MR) is 129 cm³/mol. The lowest BCUT2D eigenvalue weighted by atomic mass is 9.93. The fourth-order valence-electron chi connectivity index (χ4n) is 4.66. The molecule has 0 radical (unpaired) electrons. The molecule has 1 heteroatoms. The van der Waals surface area contributed by atoms with Crippen molar-refractivity contribution in [3.8, 4) is 0 Å². The maximum atomic E-state index is 2.50. The number of hydrogen-bond acceptors (Lipinski definition) is 0. The molecule has 3 aromatic carbocycles. The summed E-state index contributed by atoms with van der Waals surface area (Å²) in [5.41, 5.74) is 8.70. The number of hydrogen-bond donors (Lipinski definition) is 0. The van der Waals surface area contributed by atoms with E-state index in [0.717, 1.165) is 23.7 Å². The van der Waals surface area contributed by atoms with E-state index in [9.17, 15) is 0 Å². The van der Waals surface area contributed by atoms with E-state index in [4.69, 9.17) is 0 Å². The molecule has 0 fully saturated rings. The van der Waals surface area contributed by atoms with Crippen LogP contribution >= 0.6 is 0 Å². The van der Waals surface area contributed by atoms with Crippen LogP contribution in [-0.2, 0) is 19.3 Å². The number of quaternary nitrogens is 1. The van der Waals surface area contributed by atoms with Crippen molar-refractivity contribution in [1.82, 2.24) is 0 Å². The van der Waals surface area contributed by atoms with Crippen molar-refractivity contribution in [2.45, 2.75) is 32.1 Å². The fraction of sp³-hybridized carbons (Fsp3) is 0.310. The van der Waals surface area contributed by atoms with Gasteiger partial charge in [0, 0.05) is 12.8 Å². The maximum Gasteiger partial charge on any atom is 0.0817 e. The van der Waals surface area contributed by atoms with Gasteiger partial charge in [-0.2, -0.15) is 0 Å². The first-order valence-electron chi connectivity index (χ1n) is 11.3. The fourth-order valence-corrected chi connectivity index (χ4v) is 4.66. The second kappa shape index (κ2) is 9.45. The summed E-state index contributed by atoms with van der Waals surface area (Å²) in [6.45, 7) is 2.38. The van der Waals surface area contributed by atoms with Crippen LogP contribution in [0.15, 0.2) is 84.9 Å². The first-order chi connectivity index (χ1) is 14.6. The van der Waals surface area contributed by atoms with Gasteiger partial charge in [0.2, 0.25) is 0 Å². The van der Waals surface area contributed by atoms with Gasteiger partial charge in [0.05, 0.1) is 27.2 Å². The molecule has 0 bridgehead atoms. The van der Waals surface area contributed by atoms with Gasteiger partial charge in [-0.25, -0.2) is 0 Å². The highest BCUT2D eigenvalue weighted by Crippen LogP contribution is 2.33. The third kappa shape index (κ3) is 5.09. The van der Waals surface area contributed by atoms with Gasteiger partial charge in [-0.15, -0.1) is 0 Å². The van der Waals surface area contributed by atoms with Crippen molar-refractivity contribution >= 4 is 5.57 Å². The topological polar surface area (TPSA) is 0 Å². The van der Waals surface area contributed by atoms with Crippen LogP contribution in [0.3, 0.4) is 0 Å². The van der Waals surface area contributed by atoms with Crippen molar-refractivity contribution in [3.63, 3.8) is 0 Å². The molecule has 0 aliphatic heterocycles. The summed E-state index contributed by atoms with van der Waals surface area (Å²) < 4.78 is 1.07. The highest BCUT2D eigenvalue weighted by molar-refractivity contribution is 5.83. The Morgan fingerprint density at radius 2 is 1.27 bits per heavy atom. The Morgan fingerprint density at radius 3 is 1.90 bits per heavy atom. The minimum absolute atomic E-state index is 1.07. The molecular weight excluding hydrogens is 362 g/mol. The van der Waals surface area contributed by atoms with E-state index in [1.165, 1.54) is 59.3 Å². The molecule has 0 heterocycles. The molecule has 3 aromatic rings. The molecule has 0 N–H and O–H groups in total. The van der Waals surface area contributed by atoms with Crippen LogP contribution in [-0.4, -0.2) is 31.7 Å². The van der Waals surface area contributed by atoms with Gasteiger partial charge in [-0.05, 0) is 52.7 Å². The molecule has 0 atom stereocenters. The van der Waals surface area contributed by atoms with E-state index in [-0.39, 0.29) is 0 Å². The average Bonchev–Trinajstić information content (AvgIpc) is 2.92. The molecular formula is C29H34N+. The van der Waals surface area contributed by atoms with Crippen LogP contribution in [0.5, 0.6) is 0 Å². The number of benzene rings is 3. The zero-order valence-electron chi connectivity index (χ0n) is 18.5. The molecule has 0 amide bonds. The Balaban J connectivity index is 1.45. The van der Waals surface area contributed by atoms with Crippen molar-refractivity contribution < 1.29 is 4.48 Å². The van der Waals surface area contributed by atoms with Crippen LogP contribution < -0.4 is 0 Å². The van der Waals surface area contributed by atoms with Crippen molar-refractivity contribution in [1.29, 1.82) is 0 Å². The third-order valence-electron chi connectivity index (χ3n) is 6.43. The summed E-state index contributed by atoms with van der Waals surface area (Å²) in [5, 5.41) is 0. The van der Waals surface area contributed by atoms with Gasteiger partial charge in [0.25, 0.3) is 0 Å². The Bertz CT molecular complexity index is 948. The minimum Gasteiger partial charge on any atom is -0.328 e. The van der Waals surface area contributed by atoms with E-state index in [1.54, 1.807) is 0 Å². The summed E-state index contributed by atoms with van der Waals surface area (Å²) >= 11 is 0. The van der Waals surface area contributed by atoms with Gasteiger partial charge >= 0.3 is 0 Å². The van der Waals surface area contributed by atoms with Gasteiger partial charge in [-0.3, -0.25) is 0 Å². The van der Waals surface area contributed by atoms with Gasteiger partial charge in [0.1, 0.15) is 0 Å². The first-order valence-corrected chi connectivity index (χ1v) is 11.3. The van der Waals surface area contributed by atoms with E-state index in [0.29, 0.717) is 0 Å². The van der Waals surface area contributed by atoms with Crippen LogP contribution in [0.4, 0.5) is 0 Å². The summed E-state index contributed by atoms with van der Waals surface area (Å²) in [4.78, 5) is 0. The van der Waals surface area contributed by atoms with Crippen LogP contribution in [0, 0.1) is 0 Å². The van der Waals surface area contributed by atoms with Crippen molar-refractivity contribution in [3.05, 3.63) is 113 Å². The number of nitrogens with zero attached hydrogens (tertiary/aromatic N) is 1. The van der Waals surface area contributed by atoms with E-state index >= 15 is 0 Å². The van der Waals surface area contributed by atoms with Crippen molar-refractivity contribution in [2.24, 2.45) is 0 Å². The predicted octanol–water partition coefficient (Wildman–Crippen LogP) is 6.32. The lowest BCUT2D eigenvalue weighted by Crippen LogP contribution is -2.41. The summed E-state index contributed by atoms with van der Waals surface area (Å²) in [5.74, 6) is 0. The number of fused-ring (bicyclic) bond motifs is 2. The second-order valence-corrected chi connectivity index (χ2v) is 9.19. The highest BCUT2D eigenvalue weighted by Gasteiger charge is 2.18. The standard InChI is InChI=1S/C29H34N/c1-30(2,22-10-14-24-12-4-3-5-13-24)23-11-19-29-27-17-8-6-15-25(27)20-21-26-16-7-9-18-28(26)29/h3-9,12-13,15-19H,10-11,14,20-23H2,1-2H3/q+1. The van der Waals surface area contributed by atoms with E-state index < -0.39 is 0 Å². The van der Waals surface area contributed by atoms with E-state index in [1.807, 2.05) is 0 Å². The van der Waals surface area contributed by atoms with E-state index in [2.05, 4.69) is 99.0 Å². The normalized spacial score (nSPS) is 13.3. The van der Waals surface area contributed by atoms with Crippen LogP contribution in [0.25, 0.3) is 5.57 Å². The van der Waals surface area contributed by atoms with Gasteiger partial charge in [-0.1, -0.05) is 84.9 Å². The monoisotopic (exact) mass is 396 g/mol. The van der Waals surface area contributed by atoms with Gasteiger partial charge < -0.3 is 4.48 Å². The molecule has 0 saturated heterocycles. The molecule has 1 nitrogen and oxygen atoms in total. The molecule has 30 heavy (non-hydrogen) atoms.